The van der Waals surface area contributed by atoms with Crippen LogP contribution in [0, 0.1) is 5.82 Å². The van der Waals surface area contributed by atoms with Crippen LogP contribution in [0.2, 0.25) is 0 Å². The van der Waals surface area contributed by atoms with Crippen LogP contribution in [-0.2, 0) is 9.53 Å². The minimum atomic E-state index is -0.228. The van der Waals surface area contributed by atoms with Crippen molar-refractivity contribution >= 4 is 11.6 Å². The lowest BCUT2D eigenvalue weighted by Crippen LogP contribution is -2.51. The van der Waals surface area contributed by atoms with Gasteiger partial charge in [-0.2, -0.15) is 0 Å². The van der Waals surface area contributed by atoms with Gasteiger partial charge >= 0.3 is 0 Å². The van der Waals surface area contributed by atoms with Crippen LogP contribution < -0.4 is 10.2 Å². The standard InChI is InChI=1S/C24H31FN4O2/c25-21-6-8-22(9-7-21)28-10-12-29(13-11-28)24(30)18-26-23(20-4-2-1-3-5-20)19-27-14-16-31-17-15-27/h1-9,23,26H,10-19H2. The second-order valence-corrected chi connectivity index (χ2v) is 8.10. The second-order valence-electron chi connectivity index (χ2n) is 8.10. The molecular weight excluding hydrogens is 395 g/mol. The number of ether oxygens (including phenoxy) is 1. The van der Waals surface area contributed by atoms with Crippen molar-refractivity contribution in [3.8, 4) is 0 Å². The third kappa shape index (κ3) is 6.03. The number of carbonyl (C=O) groups is 1. The molecule has 2 aliphatic heterocycles. The summed E-state index contributed by atoms with van der Waals surface area (Å²) in [6.07, 6.45) is 0. The summed E-state index contributed by atoms with van der Waals surface area (Å²) in [5, 5.41) is 3.50. The summed E-state index contributed by atoms with van der Waals surface area (Å²) in [7, 11) is 0. The third-order valence-electron chi connectivity index (χ3n) is 6.07. The summed E-state index contributed by atoms with van der Waals surface area (Å²) in [4.78, 5) is 19.4. The van der Waals surface area contributed by atoms with Crippen molar-refractivity contribution in [1.82, 2.24) is 15.1 Å². The van der Waals surface area contributed by atoms with E-state index >= 15 is 0 Å². The number of rotatable bonds is 7. The van der Waals surface area contributed by atoms with Gasteiger partial charge < -0.3 is 19.9 Å². The molecule has 0 aromatic heterocycles. The highest BCUT2D eigenvalue weighted by Gasteiger charge is 2.23. The first-order chi connectivity index (χ1) is 15.2. The van der Waals surface area contributed by atoms with E-state index in [1.165, 1.54) is 17.7 Å². The van der Waals surface area contributed by atoms with Gasteiger partial charge in [-0.1, -0.05) is 30.3 Å². The van der Waals surface area contributed by atoms with Crippen LogP contribution in [0.5, 0.6) is 0 Å². The number of amides is 1. The highest BCUT2D eigenvalue weighted by molar-refractivity contribution is 5.78. The number of benzene rings is 2. The van der Waals surface area contributed by atoms with E-state index in [2.05, 4.69) is 27.2 Å². The van der Waals surface area contributed by atoms with Crippen molar-refractivity contribution in [2.75, 3.05) is 70.5 Å². The summed E-state index contributed by atoms with van der Waals surface area (Å²) in [5.41, 5.74) is 2.20. The van der Waals surface area contributed by atoms with Gasteiger partial charge in [0.15, 0.2) is 0 Å². The molecule has 0 saturated carbocycles. The van der Waals surface area contributed by atoms with Crippen LogP contribution in [0.3, 0.4) is 0 Å². The van der Waals surface area contributed by atoms with Crippen molar-refractivity contribution < 1.29 is 13.9 Å². The molecule has 166 valence electrons. The van der Waals surface area contributed by atoms with E-state index in [1.54, 1.807) is 12.1 Å². The zero-order valence-corrected chi connectivity index (χ0v) is 17.9. The Morgan fingerprint density at radius 1 is 0.935 bits per heavy atom. The van der Waals surface area contributed by atoms with Crippen LogP contribution in [-0.4, -0.2) is 81.3 Å². The van der Waals surface area contributed by atoms with E-state index in [-0.39, 0.29) is 17.8 Å². The molecule has 0 radical (unpaired) electrons. The lowest BCUT2D eigenvalue weighted by Gasteiger charge is -2.36. The minimum absolute atomic E-state index is 0.101. The van der Waals surface area contributed by atoms with Crippen LogP contribution >= 0.6 is 0 Å². The van der Waals surface area contributed by atoms with Crippen LogP contribution in [0.4, 0.5) is 10.1 Å². The van der Waals surface area contributed by atoms with Crippen LogP contribution in [0.25, 0.3) is 0 Å². The number of piperazine rings is 1. The largest absolute Gasteiger partial charge is 0.379 e. The zero-order valence-electron chi connectivity index (χ0n) is 17.9. The molecule has 2 fully saturated rings. The lowest BCUT2D eigenvalue weighted by molar-refractivity contribution is -0.130. The molecule has 2 aromatic carbocycles. The summed E-state index contributed by atoms with van der Waals surface area (Å²) in [6.45, 7) is 7.42. The van der Waals surface area contributed by atoms with E-state index in [0.717, 1.165) is 51.6 Å². The Hall–Kier alpha value is -2.48. The number of halogens is 1. The maximum Gasteiger partial charge on any atom is 0.236 e. The molecule has 1 atom stereocenters. The Labute approximate surface area is 183 Å². The third-order valence-corrected chi connectivity index (χ3v) is 6.07. The lowest BCUT2D eigenvalue weighted by atomic mass is 10.1. The van der Waals surface area contributed by atoms with Gasteiger partial charge in [0, 0.05) is 57.5 Å². The Kier molecular flexibility index (Phi) is 7.51. The predicted octanol–water partition coefficient (Wildman–Crippen LogP) is 2.14. The molecule has 4 rings (SSSR count). The summed E-state index contributed by atoms with van der Waals surface area (Å²) >= 11 is 0. The molecular formula is C24H31FN4O2. The molecule has 6 nitrogen and oxygen atoms in total. The molecule has 1 amide bonds. The normalized spacial score (nSPS) is 18.7. The maximum absolute atomic E-state index is 13.2. The number of morpholine rings is 1. The van der Waals surface area contributed by atoms with Gasteiger partial charge in [-0.05, 0) is 29.8 Å². The molecule has 7 heteroatoms. The fraction of sp³-hybridized carbons (Fsp3) is 0.458. The number of anilines is 1. The van der Waals surface area contributed by atoms with E-state index in [9.17, 15) is 9.18 Å². The Bertz CT molecular complexity index is 819. The smallest absolute Gasteiger partial charge is 0.236 e. The molecule has 31 heavy (non-hydrogen) atoms. The van der Waals surface area contributed by atoms with Gasteiger partial charge in [0.1, 0.15) is 5.82 Å². The highest BCUT2D eigenvalue weighted by atomic mass is 19.1. The maximum atomic E-state index is 13.2. The molecule has 2 aliphatic rings. The second kappa shape index (κ2) is 10.7. The highest BCUT2D eigenvalue weighted by Crippen LogP contribution is 2.18. The first-order valence-electron chi connectivity index (χ1n) is 11.1. The Balaban J connectivity index is 1.30. The first kappa shape index (κ1) is 21.7. The van der Waals surface area contributed by atoms with Crippen molar-refractivity contribution in [1.29, 1.82) is 0 Å². The van der Waals surface area contributed by atoms with Gasteiger partial charge in [-0.25, -0.2) is 4.39 Å². The van der Waals surface area contributed by atoms with Gasteiger partial charge in [-0.15, -0.1) is 0 Å². The fourth-order valence-corrected chi connectivity index (χ4v) is 4.20. The van der Waals surface area contributed by atoms with Gasteiger partial charge in [0.25, 0.3) is 0 Å². The number of hydrogen-bond donors (Lipinski definition) is 1. The Morgan fingerprint density at radius 3 is 2.29 bits per heavy atom. The average Bonchev–Trinajstić information content (AvgIpc) is 2.83. The van der Waals surface area contributed by atoms with Crippen LogP contribution in [0.15, 0.2) is 54.6 Å². The van der Waals surface area contributed by atoms with Crippen molar-refractivity contribution in [3.63, 3.8) is 0 Å². The molecule has 2 aromatic rings. The molecule has 0 spiro atoms. The number of hydrogen-bond acceptors (Lipinski definition) is 5. The Morgan fingerprint density at radius 2 is 1.61 bits per heavy atom. The van der Waals surface area contributed by atoms with Gasteiger partial charge in [-0.3, -0.25) is 9.69 Å². The van der Waals surface area contributed by atoms with E-state index in [0.29, 0.717) is 19.6 Å². The SMILES string of the molecule is O=C(CNC(CN1CCOCC1)c1ccccc1)N1CCN(c2ccc(F)cc2)CC1. The molecule has 2 heterocycles. The van der Waals surface area contributed by atoms with Crippen molar-refractivity contribution in [2.24, 2.45) is 0 Å². The summed E-state index contributed by atoms with van der Waals surface area (Å²) < 4.78 is 18.6. The molecule has 1 unspecified atom stereocenters. The van der Waals surface area contributed by atoms with E-state index < -0.39 is 0 Å². The first-order valence-corrected chi connectivity index (χ1v) is 11.1. The van der Waals surface area contributed by atoms with Gasteiger partial charge in [0.05, 0.1) is 19.8 Å². The monoisotopic (exact) mass is 426 g/mol. The number of nitrogens with one attached hydrogen (secondary N) is 1. The summed E-state index contributed by atoms with van der Waals surface area (Å²) in [5.74, 6) is -0.102. The van der Waals surface area contributed by atoms with E-state index in [4.69, 9.17) is 4.74 Å². The topological polar surface area (TPSA) is 48.1 Å². The number of carbonyl (C=O) groups excluding carboxylic acids is 1. The molecule has 0 bridgehead atoms. The van der Waals surface area contributed by atoms with Crippen molar-refractivity contribution in [2.45, 2.75) is 6.04 Å². The van der Waals surface area contributed by atoms with Gasteiger partial charge in [0.2, 0.25) is 5.91 Å². The quantitative estimate of drug-likeness (QED) is 0.735. The van der Waals surface area contributed by atoms with E-state index in [1.807, 2.05) is 23.1 Å². The zero-order chi connectivity index (χ0) is 21.5. The predicted molar refractivity (Wildman–Crippen MR) is 120 cm³/mol. The number of nitrogens with zero attached hydrogens (tertiary/aromatic N) is 3. The van der Waals surface area contributed by atoms with Crippen molar-refractivity contribution in [3.05, 3.63) is 66.0 Å². The van der Waals surface area contributed by atoms with Crippen LogP contribution in [0.1, 0.15) is 11.6 Å². The minimum Gasteiger partial charge on any atom is -0.379 e. The average molecular weight is 427 g/mol. The summed E-state index contributed by atoms with van der Waals surface area (Å²) in [6, 6.07) is 17.0. The molecule has 0 aliphatic carbocycles. The fourth-order valence-electron chi connectivity index (χ4n) is 4.20. The molecule has 2 saturated heterocycles. The molecule has 1 N–H and O–H groups in total.